The van der Waals surface area contributed by atoms with Crippen LogP contribution in [-0.4, -0.2) is 6.54 Å². The van der Waals surface area contributed by atoms with Crippen LogP contribution in [0.3, 0.4) is 0 Å². The topological polar surface area (TPSA) is 12.0 Å². The van der Waals surface area contributed by atoms with Crippen LogP contribution in [0, 0.1) is 19.3 Å². The van der Waals surface area contributed by atoms with E-state index in [2.05, 4.69) is 65.1 Å². The Hall–Kier alpha value is -0.820. The Morgan fingerprint density at radius 3 is 2.40 bits per heavy atom. The van der Waals surface area contributed by atoms with E-state index in [1.54, 1.807) is 0 Å². The molecule has 0 fully saturated rings. The fraction of sp³-hybridized carbons (Fsp3) is 0.684. The molecule has 20 heavy (non-hydrogen) atoms. The molecule has 0 aliphatic carbocycles. The molecular weight excluding hydrogens is 242 g/mol. The van der Waals surface area contributed by atoms with Crippen LogP contribution in [0.5, 0.6) is 0 Å². The van der Waals surface area contributed by atoms with Gasteiger partial charge in [0.25, 0.3) is 0 Å². The van der Waals surface area contributed by atoms with E-state index in [-0.39, 0.29) is 0 Å². The van der Waals surface area contributed by atoms with Crippen LogP contribution in [-0.2, 0) is 0 Å². The first-order valence-electron chi connectivity index (χ1n) is 8.16. The molecule has 1 atom stereocenters. The summed E-state index contributed by atoms with van der Waals surface area (Å²) in [6.45, 7) is 14.8. The summed E-state index contributed by atoms with van der Waals surface area (Å²) in [7, 11) is 0. The van der Waals surface area contributed by atoms with Crippen LogP contribution in [0.1, 0.15) is 76.1 Å². The molecule has 0 saturated heterocycles. The minimum Gasteiger partial charge on any atom is -0.310 e. The van der Waals surface area contributed by atoms with Gasteiger partial charge in [-0.25, -0.2) is 0 Å². The van der Waals surface area contributed by atoms with Gasteiger partial charge in [0.2, 0.25) is 0 Å². The van der Waals surface area contributed by atoms with Crippen molar-refractivity contribution >= 4 is 0 Å². The van der Waals surface area contributed by atoms with Crippen LogP contribution in [0.4, 0.5) is 0 Å². The van der Waals surface area contributed by atoms with Crippen molar-refractivity contribution in [3.8, 4) is 0 Å². The third kappa shape index (κ3) is 5.66. The largest absolute Gasteiger partial charge is 0.310 e. The van der Waals surface area contributed by atoms with Gasteiger partial charge in [-0.3, -0.25) is 0 Å². The summed E-state index contributed by atoms with van der Waals surface area (Å²) < 4.78 is 0. The highest BCUT2D eigenvalue weighted by molar-refractivity contribution is 5.31. The Labute approximate surface area is 126 Å². The SMILES string of the molecule is CCCCCC(C)(C)CNC(C)c1ccc(C)c(C)c1. The zero-order valence-electron chi connectivity index (χ0n) is 14.3. The molecule has 0 aliphatic rings. The second-order valence-corrected chi connectivity index (χ2v) is 7.07. The van der Waals surface area contributed by atoms with E-state index in [1.807, 2.05) is 0 Å². The van der Waals surface area contributed by atoms with Gasteiger partial charge in [0.15, 0.2) is 0 Å². The van der Waals surface area contributed by atoms with Crippen LogP contribution in [0.15, 0.2) is 18.2 Å². The van der Waals surface area contributed by atoms with E-state index in [1.165, 1.54) is 42.4 Å². The summed E-state index contributed by atoms with van der Waals surface area (Å²) in [6, 6.07) is 7.23. The second kappa shape index (κ2) is 7.83. The minimum absolute atomic E-state index is 0.392. The first-order valence-corrected chi connectivity index (χ1v) is 8.16. The van der Waals surface area contributed by atoms with Gasteiger partial charge in [0.1, 0.15) is 0 Å². The van der Waals surface area contributed by atoms with Crippen molar-refractivity contribution < 1.29 is 0 Å². The molecule has 0 amide bonds. The van der Waals surface area contributed by atoms with Crippen LogP contribution < -0.4 is 5.32 Å². The molecule has 0 bridgehead atoms. The van der Waals surface area contributed by atoms with Crippen molar-refractivity contribution in [2.24, 2.45) is 5.41 Å². The summed E-state index contributed by atoms with van der Waals surface area (Å²) in [5.41, 5.74) is 4.56. The Morgan fingerprint density at radius 1 is 1.10 bits per heavy atom. The normalized spacial score (nSPS) is 13.5. The molecule has 0 aromatic heterocycles. The molecule has 1 aromatic carbocycles. The van der Waals surface area contributed by atoms with Gasteiger partial charge in [-0.2, -0.15) is 0 Å². The molecule has 0 radical (unpaired) electrons. The lowest BCUT2D eigenvalue weighted by molar-refractivity contribution is 0.291. The van der Waals surface area contributed by atoms with Crippen molar-refractivity contribution in [2.75, 3.05) is 6.54 Å². The van der Waals surface area contributed by atoms with Crippen molar-refractivity contribution in [1.82, 2.24) is 5.32 Å². The second-order valence-electron chi connectivity index (χ2n) is 7.07. The lowest BCUT2D eigenvalue weighted by Crippen LogP contribution is -2.31. The molecule has 0 saturated carbocycles. The quantitative estimate of drug-likeness (QED) is 0.612. The first kappa shape index (κ1) is 17.2. The summed E-state index contributed by atoms with van der Waals surface area (Å²) >= 11 is 0. The maximum atomic E-state index is 3.71. The third-order valence-electron chi connectivity index (χ3n) is 4.37. The number of benzene rings is 1. The number of aryl methyl sites for hydroxylation is 2. The highest BCUT2D eigenvalue weighted by Crippen LogP contribution is 2.24. The Kier molecular flexibility index (Phi) is 6.75. The number of rotatable bonds is 8. The molecule has 0 spiro atoms. The molecule has 1 aromatic rings. The summed E-state index contributed by atoms with van der Waals surface area (Å²) in [4.78, 5) is 0. The average Bonchev–Trinajstić information content (AvgIpc) is 2.39. The molecule has 1 heteroatoms. The monoisotopic (exact) mass is 275 g/mol. The average molecular weight is 275 g/mol. The molecule has 114 valence electrons. The van der Waals surface area contributed by atoms with Crippen molar-refractivity contribution in [3.05, 3.63) is 34.9 Å². The Bertz CT molecular complexity index is 406. The number of unbranched alkanes of at least 4 members (excludes halogenated alkanes) is 2. The fourth-order valence-electron chi connectivity index (χ4n) is 2.52. The Morgan fingerprint density at radius 2 is 1.80 bits per heavy atom. The van der Waals surface area contributed by atoms with Gasteiger partial charge in [-0.1, -0.05) is 58.2 Å². The zero-order chi connectivity index (χ0) is 15.2. The molecule has 1 unspecified atom stereocenters. The smallest absolute Gasteiger partial charge is 0.0292 e. The Balaban J connectivity index is 2.49. The first-order chi connectivity index (χ1) is 9.35. The van der Waals surface area contributed by atoms with Crippen molar-refractivity contribution in [2.45, 2.75) is 73.3 Å². The zero-order valence-corrected chi connectivity index (χ0v) is 14.3. The van der Waals surface area contributed by atoms with Gasteiger partial charge in [0, 0.05) is 12.6 Å². The van der Waals surface area contributed by atoms with E-state index >= 15 is 0 Å². The van der Waals surface area contributed by atoms with E-state index in [0.717, 1.165) is 6.54 Å². The molecular formula is C19H33N. The maximum Gasteiger partial charge on any atom is 0.0292 e. The van der Waals surface area contributed by atoms with Crippen LogP contribution in [0.2, 0.25) is 0 Å². The summed E-state index contributed by atoms with van der Waals surface area (Å²) in [5.74, 6) is 0. The van der Waals surface area contributed by atoms with E-state index in [4.69, 9.17) is 0 Å². The minimum atomic E-state index is 0.392. The highest BCUT2D eigenvalue weighted by Gasteiger charge is 2.18. The van der Waals surface area contributed by atoms with Gasteiger partial charge < -0.3 is 5.32 Å². The van der Waals surface area contributed by atoms with E-state index in [9.17, 15) is 0 Å². The molecule has 1 N–H and O–H groups in total. The molecule has 0 aliphatic heterocycles. The van der Waals surface area contributed by atoms with Crippen molar-refractivity contribution in [1.29, 1.82) is 0 Å². The van der Waals surface area contributed by atoms with Crippen LogP contribution >= 0.6 is 0 Å². The lowest BCUT2D eigenvalue weighted by atomic mass is 9.86. The predicted molar refractivity (Wildman–Crippen MR) is 90.3 cm³/mol. The van der Waals surface area contributed by atoms with Crippen LogP contribution in [0.25, 0.3) is 0 Å². The van der Waals surface area contributed by atoms with Gasteiger partial charge >= 0.3 is 0 Å². The number of hydrogen-bond acceptors (Lipinski definition) is 1. The van der Waals surface area contributed by atoms with Gasteiger partial charge in [-0.05, 0) is 49.3 Å². The third-order valence-corrected chi connectivity index (χ3v) is 4.37. The lowest BCUT2D eigenvalue weighted by Gasteiger charge is -2.27. The number of nitrogens with one attached hydrogen (secondary N) is 1. The van der Waals surface area contributed by atoms with Gasteiger partial charge in [0.05, 0.1) is 0 Å². The maximum absolute atomic E-state index is 3.71. The van der Waals surface area contributed by atoms with E-state index < -0.39 is 0 Å². The molecule has 0 heterocycles. The highest BCUT2D eigenvalue weighted by atomic mass is 14.9. The molecule has 1 rings (SSSR count). The van der Waals surface area contributed by atoms with Crippen molar-refractivity contribution in [3.63, 3.8) is 0 Å². The summed E-state index contributed by atoms with van der Waals surface area (Å²) in [5, 5.41) is 3.71. The standard InChI is InChI=1S/C19H33N/c1-7-8-9-12-19(5,6)14-20-17(4)18-11-10-15(2)16(3)13-18/h10-11,13,17,20H,7-9,12,14H2,1-6H3. The molecule has 1 nitrogen and oxygen atoms in total. The number of hydrogen-bond donors (Lipinski definition) is 1. The fourth-order valence-corrected chi connectivity index (χ4v) is 2.52. The van der Waals surface area contributed by atoms with Gasteiger partial charge in [-0.15, -0.1) is 0 Å². The van der Waals surface area contributed by atoms with E-state index in [0.29, 0.717) is 11.5 Å². The summed E-state index contributed by atoms with van der Waals surface area (Å²) in [6.07, 6.45) is 5.33. The predicted octanol–water partition coefficient (Wildman–Crippen LogP) is 5.56.